The molecule has 1 fully saturated rings. The van der Waals surface area contributed by atoms with Gasteiger partial charge in [0.2, 0.25) is 0 Å². The van der Waals surface area contributed by atoms with Gasteiger partial charge in [0.15, 0.2) is 0 Å². The van der Waals surface area contributed by atoms with Gasteiger partial charge in [-0.25, -0.2) is 4.79 Å². The van der Waals surface area contributed by atoms with Crippen LogP contribution in [0.15, 0.2) is 60.7 Å². The Hall–Kier alpha value is -2.82. The number of hydrogen-bond acceptors (Lipinski definition) is 3. The fourth-order valence-corrected chi connectivity index (χ4v) is 3.20. The van der Waals surface area contributed by atoms with Crippen molar-refractivity contribution in [3.8, 4) is 0 Å². The van der Waals surface area contributed by atoms with E-state index >= 15 is 0 Å². The number of likely N-dealkylation sites (tertiary alicyclic amines) is 1. The minimum absolute atomic E-state index is 0.000301. The van der Waals surface area contributed by atoms with E-state index in [1.165, 1.54) is 4.90 Å². The first kappa shape index (κ1) is 17.0. The number of carboxylic acid groups (broad SMARTS) is 1. The molecule has 1 aliphatic rings. The van der Waals surface area contributed by atoms with Gasteiger partial charge < -0.3 is 14.7 Å². The second-order valence-corrected chi connectivity index (χ2v) is 6.32. The summed E-state index contributed by atoms with van der Waals surface area (Å²) >= 11 is 0. The largest absolute Gasteiger partial charge is 0.481 e. The molecule has 0 saturated carbocycles. The van der Waals surface area contributed by atoms with Crippen LogP contribution in [0.5, 0.6) is 0 Å². The van der Waals surface area contributed by atoms with Gasteiger partial charge in [-0.3, -0.25) is 4.79 Å². The lowest BCUT2D eigenvalue weighted by atomic mass is 9.85. The first-order chi connectivity index (χ1) is 12.1. The monoisotopic (exact) mass is 339 g/mol. The fourth-order valence-electron chi connectivity index (χ4n) is 3.20. The van der Waals surface area contributed by atoms with Gasteiger partial charge in [-0.05, 0) is 17.5 Å². The summed E-state index contributed by atoms with van der Waals surface area (Å²) in [6.45, 7) is 0.845. The van der Waals surface area contributed by atoms with Crippen LogP contribution in [0.2, 0.25) is 0 Å². The van der Waals surface area contributed by atoms with Crippen LogP contribution in [0.1, 0.15) is 23.5 Å². The zero-order chi connectivity index (χ0) is 17.6. The van der Waals surface area contributed by atoms with Crippen LogP contribution in [0.4, 0.5) is 4.79 Å². The van der Waals surface area contributed by atoms with Crippen molar-refractivity contribution in [1.29, 1.82) is 0 Å². The Bertz CT molecular complexity index is 717. The van der Waals surface area contributed by atoms with Gasteiger partial charge in [0.1, 0.15) is 6.61 Å². The Kier molecular flexibility index (Phi) is 5.33. The number of carbonyl (C=O) groups is 2. The number of ether oxygens (including phenoxy) is 1. The van der Waals surface area contributed by atoms with Crippen molar-refractivity contribution in [2.24, 2.45) is 5.92 Å². The molecular weight excluding hydrogens is 318 g/mol. The lowest BCUT2D eigenvalue weighted by Gasteiger charge is -2.35. The van der Waals surface area contributed by atoms with Crippen molar-refractivity contribution in [3.05, 3.63) is 71.8 Å². The highest BCUT2D eigenvalue weighted by molar-refractivity contribution is 5.73. The molecule has 5 heteroatoms. The molecule has 25 heavy (non-hydrogen) atoms. The maximum absolute atomic E-state index is 12.4. The molecule has 2 atom stereocenters. The lowest BCUT2D eigenvalue weighted by Crippen LogP contribution is -2.45. The third kappa shape index (κ3) is 4.38. The number of piperidine rings is 1. The van der Waals surface area contributed by atoms with Gasteiger partial charge in [0, 0.05) is 19.0 Å². The highest BCUT2D eigenvalue weighted by Gasteiger charge is 2.35. The molecule has 1 saturated heterocycles. The van der Waals surface area contributed by atoms with Crippen LogP contribution in [0.3, 0.4) is 0 Å². The molecular formula is C20H21NO4. The quantitative estimate of drug-likeness (QED) is 0.925. The maximum atomic E-state index is 12.4. The van der Waals surface area contributed by atoms with Crippen molar-refractivity contribution in [2.75, 3.05) is 13.1 Å². The zero-order valence-electron chi connectivity index (χ0n) is 13.9. The number of carbonyl (C=O) groups excluding carboxylic acids is 1. The topological polar surface area (TPSA) is 66.8 Å². The molecule has 1 heterocycles. The Morgan fingerprint density at radius 1 is 1.00 bits per heavy atom. The van der Waals surface area contributed by atoms with Crippen LogP contribution in [-0.4, -0.2) is 35.2 Å². The number of hydrogen-bond donors (Lipinski definition) is 1. The summed E-state index contributed by atoms with van der Waals surface area (Å²) in [6, 6.07) is 19.2. The average Bonchev–Trinajstić information content (AvgIpc) is 2.67. The molecule has 0 aromatic heterocycles. The highest BCUT2D eigenvalue weighted by Crippen LogP contribution is 2.30. The predicted molar refractivity (Wildman–Crippen MR) is 93.1 cm³/mol. The van der Waals surface area contributed by atoms with Gasteiger partial charge in [-0.1, -0.05) is 60.7 Å². The average molecular weight is 339 g/mol. The van der Waals surface area contributed by atoms with E-state index in [2.05, 4.69) is 0 Å². The van der Waals surface area contributed by atoms with Gasteiger partial charge in [-0.2, -0.15) is 0 Å². The summed E-state index contributed by atoms with van der Waals surface area (Å²) in [6.07, 6.45) is 0.0673. The minimum atomic E-state index is -0.874. The molecule has 2 aromatic rings. The van der Waals surface area contributed by atoms with E-state index in [0.717, 1.165) is 11.1 Å². The standard InChI is InChI=1S/C20H21NO4/c22-19(23)18-11-17(16-9-5-2-6-10-16)12-21(13-18)20(24)25-14-15-7-3-1-4-8-15/h1-10,17-18H,11-14H2,(H,22,23)/t17-,18+/m1/s1. The number of carboxylic acids is 1. The summed E-state index contributed by atoms with van der Waals surface area (Å²) in [5.74, 6) is -1.45. The summed E-state index contributed by atoms with van der Waals surface area (Å²) in [5.41, 5.74) is 1.96. The first-order valence-corrected chi connectivity index (χ1v) is 8.37. The van der Waals surface area contributed by atoms with Gasteiger partial charge in [-0.15, -0.1) is 0 Å². The lowest BCUT2D eigenvalue weighted by molar-refractivity contribution is -0.143. The molecule has 0 unspecified atom stereocenters. The molecule has 0 radical (unpaired) electrons. The van der Waals surface area contributed by atoms with Crippen LogP contribution in [0.25, 0.3) is 0 Å². The molecule has 5 nitrogen and oxygen atoms in total. The van der Waals surface area contributed by atoms with E-state index in [9.17, 15) is 14.7 Å². The second-order valence-electron chi connectivity index (χ2n) is 6.32. The third-order valence-corrected chi connectivity index (χ3v) is 4.53. The van der Waals surface area contributed by atoms with Gasteiger partial charge in [0.25, 0.3) is 0 Å². The molecule has 1 N–H and O–H groups in total. The SMILES string of the molecule is O=C(O)[C@H]1C[C@@H](c2ccccc2)CN(C(=O)OCc2ccccc2)C1. The first-order valence-electron chi connectivity index (χ1n) is 8.37. The van der Waals surface area contributed by atoms with E-state index in [1.54, 1.807) is 0 Å². The van der Waals surface area contributed by atoms with E-state index in [1.807, 2.05) is 60.7 Å². The zero-order valence-corrected chi connectivity index (χ0v) is 13.9. The van der Waals surface area contributed by atoms with Crippen LogP contribution in [0, 0.1) is 5.92 Å². The van der Waals surface area contributed by atoms with E-state index in [4.69, 9.17) is 4.74 Å². The summed E-state index contributed by atoms with van der Waals surface area (Å²) in [4.78, 5) is 25.4. The van der Waals surface area contributed by atoms with Gasteiger partial charge in [0.05, 0.1) is 5.92 Å². The summed E-state index contributed by atoms with van der Waals surface area (Å²) in [5, 5.41) is 9.43. The molecule has 1 amide bonds. The summed E-state index contributed by atoms with van der Waals surface area (Å²) < 4.78 is 5.37. The van der Waals surface area contributed by atoms with Crippen molar-refractivity contribution < 1.29 is 19.4 Å². The minimum Gasteiger partial charge on any atom is -0.481 e. The summed E-state index contributed by atoms with van der Waals surface area (Å²) in [7, 11) is 0. The number of aliphatic carboxylic acids is 1. The molecule has 0 spiro atoms. The molecule has 3 rings (SSSR count). The van der Waals surface area contributed by atoms with E-state index < -0.39 is 18.0 Å². The predicted octanol–water partition coefficient (Wildman–Crippen LogP) is 3.51. The number of benzene rings is 2. The van der Waals surface area contributed by atoms with E-state index in [0.29, 0.717) is 13.0 Å². The number of rotatable bonds is 4. The van der Waals surface area contributed by atoms with Crippen molar-refractivity contribution in [2.45, 2.75) is 18.9 Å². The molecule has 2 aromatic carbocycles. The van der Waals surface area contributed by atoms with Crippen molar-refractivity contribution in [1.82, 2.24) is 4.90 Å². The maximum Gasteiger partial charge on any atom is 0.410 e. The van der Waals surface area contributed by atoms with Crippen LogP contribution < -0.4 is 0 Å². The smallest absolute Gasteiger partial charge is 0.410 e. The number of amides is 1. The molecule has 1 aliphatic heterocycles. The number of nitrogens with zero attached hydrogens (tertiary/aromatic N) is 1. The third-order valence-electron chi connectivity index (χ3n) is 4.53. The van der Waals surface area contributed by atoms with Crippen molar-refractivity contribution in [3.63, 3.8) is 0 Å². The molecule has 130 valence electrons. The molecule has 0 bridgehead atoms. The van der Waals surface area contributed by atoms with Crippen LogP contribution in [-0.2, 0) is 16.1 Å². The Morgan fingerprint density at radius 2 is 1.64 bits per heavy atom. The highest BCUT2D eigenvalue weighted by atomic mass is 16.6. The Balaban J connectivity index is 1.68. The van der Waals surface area contributed by atoms with E-state index in [-0.39, 0.29) is 19.1 Å². The second kappa shape index (κ2) is 7.83. The Labute approximate surface area is 146 Å². The Morgan fingerprint density at radius 3 is 2.28 bits per heavy atom. The van der Waals surface area contributed by atoms with Gasteiger partial charge >= 0.3 is 12.1 Å². The fraction of sp³-hybridized carbons (Fsp3) is 0.300. The normalized spacial score (nSPS) is 20.1. The molecule has 0 aliphatic carbocycles. The van der Waals surface area contributed by atoms with Crippen LogP contribution >= 0.6 is 0 Å². The van der Waals surface area contributed by atoms with Crippen molar-refractivity contribution >= 4 is 12.1 Å².